The molecule has 1 fully saturated rings. The van der Waals surface area contributed by atoms with Crippen molar-refractivity contribution in [2.24, 2.45) is 11.7 Å². The fraction of sp³-hybridized carbons (Fsp3) is 0.786. The number of nitrogens with zero attached hydrogens (tertiary/aromatic N) is 2. The second-order valence-electron chi connectivity index (χ2n) is 5.30. The molecule has 1 aliphatic rings. The van der Waals surface area contributed by atoms with Gasteiger partial charge in [-0.15, -0.1) is 0 Å². The minimum atomic E-state index is -0.647. The number of likely N-dealkylation sites (N-methyl/N-ethyl adjacent to an activating group) is 1. The van der Waals surface area contributed by atoms with Crippen molar-refractivity contribution in [3.05, 3.63) is 0 Å². The molecule has 0 saturated heterocycles. The molecule has 0 bridgehead atoms. The highest BCUT2D eigenvalue weighted by atomic mass is 16.5. The van der Waals surface area contributed by atoms with Gasteiger partial charge < -0.3 is 15.4 Å². The molecule has 0 unspecified atom stereocenters. The van der Waals surface area contributed by atoms with Gasteiger partial charge in [-0.2, -0.15) is 5.26 Å². The Bertz CT molecular complexity index is 392. The van der Waals surface area contributed by atoms with Crippen LogP contribution in [0.1, 0.15) is 38.5 Å². The zero-order chi connectivity index (χ0) is 15.1. The number of rotatable bonds is 5. The van der Waals surface area contributed by atoms with Crippen molar-refractivity contribution in [3.63, 3.8) is 0 Å². The number of amides is 1. The third-order valence-corrected chi connectivity index (χ3v) is 3.95. The third-order valence-electron chi connectivity index (χ3n) is 3.95. The Kier molecular flexibility index (Phi) is 6.46. The lowest BCUT2D eigenvalue weighted by atomic mass is 9.89. The van der Waals surface area contributed by atoms with Gasteiger partial charge in [-0.1, -0.05) is 12.8 Å². The normalized spacial score (nSPS) is 23.5. The molecule has 1 saturated carbocycles. The highest BCUT2D eigenvalue weighted by Gasteiger charge is 2.32. The number of carbonyl (C=O) groups excluding carboxylic acids is 2. The minimum absolute atomic E-state index is 0.00455. The van der Waals surface area contributed by atoms with Gasteiger partial charge in [-0.05, 0) is 12.8 Å². The SMILES string of the molecule is COC(=O)C[C@@H](CC#N)C(=O)N(C)[C@H]1CCCC[C@@H]1N. The van der Waals surface area contributed by atoms with E-state index in [1.807, 2.05) is 6.07 Å². The van der Waals surface area contributed by atoms with E-state index in [0.29, 0.717) is 0 Å². The van der Waals surface area contributed by atoms with E-state index in [-0.39, 0.29) is 30.8 Å². The average Bonchev–Trinajstić information content (AvgIpc) is 2.45. The number of carbonyl (C=O) groups is 2. The average molecular weight is 281 g/mol. The Morgan fingerprint density at radius 3 is 2.65 bits per heavy atom. The summed E-state index contributed by atoms with van der Waals surface area (Å²) in [5.74, 6) is -1.31. The maximum Gasteiger partial charge on any atom is 0.306 e. The summed E-state index contributed by atoms with van der Waals surface area (Å²) in [6, 6.07) is 1.93. The number of hydrogen-bond acceptors (Lipinski definition) is 5. The maximum absolute atomic E-state index is 12.4. The van der Waals surface area contributed by atoms with Crippen molar-refractivity contribution in [2.45, 2.75) is 50.6 Å². The Labute approximate surface area is 119 Å². The highest BCUT2D eigenvalue weighted by Crippen LogP contribution is 2.23. The molecule has 0 aliphatic heterocycles. The largest absolute Gasteiger partial charge is 0.469 e. The maximum atomic E-state index is 12.4. The lowest BCUT2D eigenvalue weighted by molar-refractivity contribution is -0.147. The molecule has 6 nitrogen and oxygen atoms in total. The van der Waals surface area contributed by atoms with E-state index < -0.39 is 11.9 Å². The highest BCUT2D eigenvalue weighted by molar-refractivity contribution is 5.84. The van der Waals surface area contributed by atoms with Crippen molar-refractivity contribution in [1.29, 1.82) is 5.26 Å². The van der Waals surface area contributed by atoms with Gasteiger partial charge in [0.1, 0.15) is 0 Å². The molecule has 1 aliphatic carbocycles. The van der Waals surface area contributed by atoms with Crippen molar-refractivity contribution in [1.82, 2.24) is 4.90 Å². The number of ether oxygens (including phenoxy) is 1. The van der Waals surface area contributed by atoms with Crippen LogP contribution in [0.15, 0.2) is 0 Å². The summed E-state index contributed by atoms with van der Waals surface area (Å²) in [6.45, 7) is 0. The Morgan fingerprint density at radius 2 is 2.10 bits per heavy atom. The molecular weight excluding hydrogens is 258 g/mol. The zero-order valence-electron chi connectivity index (χ0n) is 12.2. The predicted molar refractivity (Wildman–Crippen MR) is 73.4 cm³/mol. The van der Waals surface area contributed by atoms with Gasteiger partial charge in [0.15, 0.2) is 0 Å². The predicted octanol–water partition coefficient (Wildman–Crippen LogP) is 0.808. The van der Waals surface area contributed by atoms with Crippen LogP contribution in [0.2, 0.25) is 0 Å². The number of nitrogens with two attached hydrogens (primary N) is 1. The van der Waals surface area contributed by atoms with Crippen LogP contribution in [0.3, 0.4) is 0 Å². The Hall–Kier alpha value is -1.61. The summed E-state index contributed by atoms with van der Waals surface area (Å²) in [7, 11) is 2.98. The first kappa shape index (κ1) is 16.4. The lowest BCUT2D eigenvalue weighted by Gasteiger charge is -2.37. The van der Waals surface area contributed by atoms with Gasteiger partial charge in [0.05, 0.1) is 25.5 Å². The molecule has 112 valence electrons. The minimum Gasteiger partial charge on any atom is -0.469 e. The van der Waals surface area contributed by atoms with Crippen molar-refractivity contribution in [3.8, 4) is 6.07 Å². The standard InChI is InChI=1S/C14H23N3O3/c1-17(12-6-4-3-5-11(12)16)14(19)10(7-8-15)9-13(18)20-2/h10-12H,3-7,9,16H2,1-2H3/t10-,11+,12+/m1/s1. The van der Waals surface area contributed by atoms with Gasteiger partial charge in [-0.3, -0.25) is 9.59 Å². The summed E-state index contributed by atoms with van der Waals surface area (Å²) in [5.41, 5.74) is 6.07. The fourth-order valence-corrected chi connectivity index (χ4v) is 2.71. The second kappa shape index (κ2) is 7.85. The van der Waals surface area contributed by atoms with Gasteiger partial charge in [0, 0.05) is 25.6 Å². The summed E-state index contributed by atoms with van der Waals surface area (Å²) < 4.78 is 4.58. The Balaban J connectivity index is 2.72. The van der Waals surface area contributed by atoms with Crippen LogP contribution in [0.25, 0.3) is 0 Å². The number of methoxy groups -OCH3 is 1. The van der Waals surface area contributed by atoms with Crippen molar-refractivity contribution in [2.75, 3.05) is 14.2 Å². The Morgan fingerprint density at radius 1 is 1.45 bits per heavy atom. The summed E-state index contributed by atoms with van der Waals surface area (Å²) >= 11 is 0. The summed E-state index contributed by atoms with van der Waals surface area (Å²) in [5, 5.41) is 8.82. The van der Waals surface area contributed by atoms with E-state index in [2.05, 4.69) is 4.74 Å². The van der Waals surface area contributed by atoms with Crippen LogP contribution >= 0.6 is 0 Å². The van der Waals surface area contributed by atoms with E-state index in [1.54, 1.807) is 11.9 Å². The van der Waals surface area contributed by atoms with E-state index in [9.17, 15) is 9.59 Å². The monoisotopic (exact) mass is 281 g/mol. The summed E-state index contributed by atoms with van der Waals surface area (Å²) in [4.78, 5) is 25.4. The molecule has 20 heavy (non-hydrogen) atoms. The first-order chi connectivity index (χ1) is 9.51. The molecule has 2 N–H and O–H groups in total. The molecule has 0 aromatic carbocycles. The van der Waals surface area contributed by atoms with Crippen LogP contribution in [0.5, 0.6) is 0 Å². The first-order valence-corrected chi connectivity index (χ1v) is 6.97. The molecule has 3 atom stereocenters. The van der Waals surface area contributed by atoms with Gasteiger partial charge in [0.2, 0.25) is 5.91 Å². The molecule has 1 rings (SSSR count). The van der Waals surface area contributed by atoms with E-state index in [1.165, 1.54) is 7.11 Å². The topological polar surface area (TPSA) is 96.4 Å². The number of hydrogen-bond donors (Lipinski definition) is 1. The molecule has 0 radical (unpaired) electrons. The fourth-order valence-electron chi connectivity index (χ4n) is 2.71. The van der Waals surface area contributed by atoms with Crippen LogP contribution in [0.4, 0.5) is 0 Å². The van der Waals surface area contributed by atoms with Crippen LogP contribution in [0, 0.1) is 17.2 Å². The second-order valence-corrected chi connectivity index (χ2v) is 5.30. The smallest absolute Gasteiger partial charge is 0.306 e. The van der Waals surface area contributed by atoms with Gasteiger partial charge in [-0.25, -0.2) is 0 Å². The molecular formula is C14H23N3O3. The van der Waals surface area contributed by atoms with Gasteiger partial charge in [0.25, 0.3) is 0 Å². The summed E-state index contributed by atoms with van der Waals surface area (Å²) in [6.07, 6.45) is 3.87. The van der Waals surface area contributed by atoms with Crippen LogP contribution in [-0.4, -0.2) is 43.0 Å². The first-order valence-electron chi connectivity index (χ1n) is 6.97. The number of nitriles is 1. The van der Waals surface area contributed by atoms with E-state index >= 15 is 0 Å². The van der Waals surface area contributed by atoms with E-state index in [0.717, 1.165) is 25.7 Å². The molecule has 0 aromatic heterocycles. The van der Waals surface area contributed by atoms with Crippen molar-refractivity contribution >= 4 is 11.9 Å². The zero-order valence-corrected chi connectivity index (χ0v) is 12.2. The number of esters is 1. The van der Waals surface area contributed by atoms with Crippen LogP contribution < -0.4 is 5.73 Å². The molecule has 0 heterocycles. The lowest BCUT2D eigenvalue weighted by Crippen LogP contribution is -2.51. The molecule has 0 aromatic rings. The van der Waals surface area contributed by atoms with E-state index in [4.69, 9.17) is 11.0 Å². The third kappa shape index (κ3) is 4.20. The van der Waals surface area contributed by atoms with Crippen molar-refractivity contribution < 1.29 is 14.3 Å². The van der Waals surface area contributed by atoms with Crippen LogP contribution in [-0.2, 0) is 14.3 Å². The molecule has 6 heteroatoms. The quantitative estimate of drug-likeness (QED) is 0.752. The molecule has 0 spiro atoms. The van der Waals surface area contributed by atoms with Gasteiger partial charge >= 0.3 is 5.97 Å². The molecule has 1 amide bonds.